The topological polar surface area (TPSA) is 49.3 Å². The molecule has 0 aromatic heterocycles. The number of nitrogens with one attached hydrogen (secondary N) is 1. The molecule has 1 amide bonds. The van der Waals surface area contributed by atoms with E-state index in [0.717, 1.165) is 42.5 Å². The highest BCUT2D eigenvalue weighted by Crippen LogP contribution is 2.28. The summed E-state index contributed by atoms with van der Waals surface area (Å²) in [5.41, 5.74) is 2.83. The number of amides is 1. The molecule has 0 heterocycles. The molecule has 1 aliphatic carbocycles. The predicted octanol–water partition coefficient (Wildman–Crippen LogP) is 2.33. The Morgan fingerprint density at radius 1 is 1.47 bits per heavy atom. The second-order valence-corrected chi connectivity index (χ2v) is 4.80. The highest BCUT2D eigenvalue weighted by molar-refractivity contribution is 5.93. The summed E-state index contributed by atoms with van der Waals surface area (Å²) >= 11 is 0. The molecule has 2 rings (SSSR count). The molecule has 1 aromatic rings. The van der Waals surface area contributed by atoms with Gasteiger partial charge in [-0.1, -0.05) is 25.2 Å². The Morgan fingerprint density at radius 2 is 2.26 bits per heavy atom. The minimum atomic E-state index is -0.137. The van der Waals surface area contributed by atoms with Crippen molar-refractivity contribution >= 4 is 11.6 Å². The van der Waals surface area contributed by atoms with Crippen LogP contribution in [-0.2, 0) is 11.2 Å². The SMILES string of the molecule is CCc1cc(C#CCO)ccc1NC(=O)C1CCC1. The largest absolute Gasteiger partial charge is 0.384 e. The first-order valence-electron chi connectivity index (χ1n) is 6.78. The van der Waals surface area contributed by atoms with Crippen LogP contribution in [0.3, 0.4) is 0 Å². The lowest BCUT2D eigenvalue weighted by atomic mass is 9.84. The van der Waals surface area contributed by atoms with E-state index in [1.54, 1.807) is 0 Å². The number of anilines is 1. The van der Waals surface area contributed by atoms with Crippen molar-refractivity contribution in [3.8, 4) is 11.8 Å². The molecule has 0 unspecified atom stereocenters. The molecule has 2 N–H and O–H groups in total. The molecule has 0 radical (unpaired) electrons. The zero-order valence-electron chi connectivity index (χ0n) is 11.2. The van der Waals surface area contributed by atoms with E-state index in [-0.39, 0.29) is 18.4 Å². The second kappa shape index (κ2) is 6.40. The summed E-state index contributed by atoms with van der Waals surface area (Å²) in [4.78, 5) is 11.9. The van der Waals surface area contributed by atoms with Gasteiger partial charge in [-0.3, -0.25) is 4.79 Å². The zero-order chi connectivity index (χ0) is 13.7. The van der Waals surface area contributed by atoms with E-state index in [1.165, 1.54) is 0 Å². The molecule has 0 aliphatic heterocycles. The zero-order valence-corrected chi connectivity index (χ0v) is 11.2. The van der Waals surface area contributed by atoms with Gasteiger partial charge >= 0.3 is 0 Å². The van der Waals surface area contributed by atoms with Gasteiger partial charge in [0.15, 0.2) is 0 Å². The van der Waals surface area contributed by atoms with E-state index in [1.807, 2.05) is 18.2 Å². The number of aliphatic hydroxyl groups excluding tert-OH is 1. The maximum absolute atomic E-state index is 11.9. The molecule has 1 aliphatic rings. The smallest absolute Gasteiger partial charge is 0.227 e. The van der Waals surface area contributed by atoms with Gasteiger partial charge in [-0.15, -0.1) is 0 Å². The number of rotatable bonds is 3. The van der Waals surface area contributed by atoms with Crippen molar-refractivity contribution in [3.05, 3.63) is 29.3 Å². The average molecular weight is 257 g/mol. The van der Waals surface area contributed by atoms with Gasteiger partial charge in [0.2, 0.25) is 5.91 Å². The standard InChI is InChI=1S/C16H19NO2/c1-2-13-11-12(5-4-10-18)8-9-15(13)17-16(19)14-6-3-7-14/h8-9,11,14,18H,2-3,6-7,10H2,1H3,(H,17,19). The molecule has 0 bridgehead atoms. The van der Waals surface area contributed by atoms with Crippen molar-refractivity contribution < 1.29 is 9.90 Å². The summed E-state index contributed by atoms with van der Waals surface area (Å²) in [6.07, 6.45) is 4.02. The third-order valence-electron chi connectivity index (χ3n) is 3.53. The van der Waals surface area contributed by atoms with Crippen molar-refractivity contribution in [2.45, 2.75) is 32.6 Å². The minimum absolute atomic E-state index is 0.134. The number of aryl methyl sites for hydroxylation is 1. The van der Waals surface area contributed by atoms with Gasteiger partial charge in [0.25, 0.3) is 0 Å². The highest BCUT2D eigenvalue weighted by atomic mass is 16.2. The minimum Gasteiger partial charge on any atom is -0.384 e. The summed E-state index contributed by atoms with van der Waals surface area (Å²) in [6.45, 7) is 1.92. The van der Waals surface area contributed by atoms with Gasteiger partial charge < -0.3 is 10.4 Å². The normalized spacial score (nSPS) is 14.2. The van der Waals surface area contributed by atoms with Crippen molar-refractivity contribution in [1.82, 2.24) is 0 Å². The third-order valence-corrected chi connectivity index (χ3v) is 3.53. The van der Waals surface area contributed by atoms with E-state index in [2.05, 4.69) is 24.1 Å². The van der Waals surface area contributed by atoms with Crippen molar-refractivity contribution in [3.63, 3.8) is 0 Å². The number of hydrogen-bond acceptors (Lipinski definition) is 2. The fourth-order valence-corrected chi connectivity index (χ4v) is 2.13. The molecular formula is C16H19NO2. The molecule has 3 heteroatoms. The van der Waals surface area contributed by atoms with Crippen LogP contribution >= 0.6 is 0 Å². The maximum atomic E-state index is 11.9. The van der Waals surface area contributed by atoms with Crippen LogP contribution in [0, 0.1) is 17.8 Å². The van der Waals surface area contributed by atoms with Crippen molar-refractivity contribution in [2.24, 2.45) is 5.92 Å². The van der Waals surface area contributed by atoms with Gasteiger partial charge in [0, 0.05) is 17.2 Å². The third kappa shape index (κ3) is 3.36. The summed E-state index contributed by atoms with van der Waals surface area (Å²) < 4.78 is 0. The first kappa shape index (κ1) is 13.6. The van der Waals surface area contributed by atoms with Crippen LogP contribution in [0.5, 0.6) is 0 Å². The van der Waals surface area contributed by atoms with Crippen LogP contribution in [0.1, 0.15) is 37.3 Å². The van der Waals surface area contributed by atoms with Gasteiger partial charge in [0.1, 0.15) is 6.61 Å². The highest BCUT2D eigenvalue weighted by Gasteiger charge is 2.25. The predicted molar refractivity (Wildman–Crippen MR) is 75.8 cm³/mol. The van der Waals surface area contributed by atoms with Gasteiger partial charge in [0.05, 0.1) is 0 Å². The Morgan fingerprint density at radius 3 is 2.84 bits per heavy atom. The Kier molecular flexibility index (Phi) is 4.59. The summed E-state index contributed by atoms with van der Waals surface area (Å²) in [6, 6.07) is 5.74. The molecule has 1 saturated carbocycles. The van der Waals surface area contributed by atoms with E-state index in [9.17, 15) is 4.79 Å². The van der Waals surface area contributed by atoms with Crippen molar-refractivity contribution in [1.29, 1.82) is 0 Å². The number of benzene rings is 1. The lowest BCUT2D eigenvalue weighted by Crippen LogP contribution is -2.28. The van der Waals surface area contributed by atoms with Gasteiger partial charge in [-0.05, 0) is 43.0 Å². The molecule has 0 atom stereocenters. The number of carbonyl (C=O) groups is 1. The second-order valence-electron chi connectivity index (χ2n) is 4.80. The Hall–Kier alpha value is -1.79. The molecular weight excluding hydrogens is 238 g/mol. The van der Waals surface area contributed by atoms with E-state index >= 15 is 0 Å². The quantitative estimate of drug-likeness (QED) is 0.816. The lowest BCUT2D eigenvalue weighted by Gasteiger charge is -2.24. The van der Waals surface area contributed by atoms with Crippen LogP contribution in [0.2, 0.25) is 0 Å². The summed E-state index contributed by atoms with van der Waals surface area (Å²) in [7, 11) is 0. The van der Waals surface area contributed by atoms with E-state index in [4.69, 9.17) is 5.11 Å². The van der Waals surface area contributed by atoms with E-state index in [0.29, 0.717) is 0 Å². The molecule has 0 spiro atoms. The fourth-order valence-electron chi connectivity index (χ4n) is 2.13. The Bertz CT molecular complexity index is 521. The molecule has 19 heavy (non-hydrogen) atoms. The lowest BCUT2D eigenvalue weighted by molar-refractivity contribution is -0.122. The molecule has 0 saturated heterocycles. The first-order chi connectivity index (χ1) is 9.24. The Labute approximate surface area is 114 Å². The fraction of sp³-hybridized carbons (Fsp3) is 0.438. The number of carbonyl (C=O) groups excluding carboxylic acids is 1. The monoisotopic (exact) mass is 257 g/mol. The summed E-state index contributed by atoms with van der Waals surface area (Å²) in [5, 5.41) is 11.7. The molecule has 1 fully saturated rings. The van der Waals surface area contributed by atoms with Crippen LogP contribution < -0.4 is 5.32 Å². The van der Waals surface area contributed by atoms with Gasteiger partial charge in [-0.25, -0.2) is 0 Å². The van der Waals surface area contributed by atoms with Crippen LogP contribution in [-0.4, -0.2) is 17.6 Å². The molecule has 1 aromatic carbocycles. The van der Waals surface area contributed by atoms with Crippen LogP contribution in [0.4, 0.5) is 5.69 Å². The van der Waals surface area contributed by atoms with Crippen molar-refractivity contribution in [2.75, 3.05) is 11.9 Å². The maximum Gasteiger partial charge on any atom is 0.227 e. The van der Waals surface area contributed by atoms with Crippen LogP contribution in [0.15, 0.2) is 18.2 Å². The Balaban J connectivity index is 2.13. The average Bonchev–Trinajstić information content (AvgIpc) is 2.35. The molecule has 100 valence electrons. The first-order valence-corrected chi connectivity index (χ1v) is 6.78. The van der Waals surface area contributed by atoms with Gasteiger partial charge in [-0.2, -0.15) is 0 Å². The summed E-state index contributed by atoms with van der Waals surface area (Å²) in [5.74, 6) is 5.84. The van der Waals surface area contributed by atoms with E-state index < -0.39 is 0 Å². The number of aliphatic hydroxyl groups is 1. The molecule has 3 nitrogen and oxygen atoms in total. The van der Waals surface area contributed by atoms with Crippen LogP contribution in [0.25, 0.3) is 0 Å². The number of hydrogen-bond donors (Lipinski definition) is 2.